The quantitative estimate of drug-likeness (QED) is 0.662. The molecule has 0 saturated carbocycles. The van der Waals surface area contributed by atoms with Crippen LogP contribution in [0.25, 0.3) is 0 Å². The van der Waals surface area contributed by atoms with E-state index in [0.29, 0.717) is 0 Å². The molecule has 1 rings (SSSR count). The van der Waals surface area contributed by atoms with Gasteiger partial charge in [0.25, 0.3) is 0 Å². The van der Waals surface area contributed by atoms with Gasteiger partial charge in [-0.25, -0.2) is 0 Å². The maximum Gasteiger partial charge on any atom is 0.117 e. The lowest BCUT2D eigenvalue weighted by molar-refractivity contribution is 0.324. The monoisotopic (exact) mass is 270 g/mol. The Balaban J connectivity index is 2.17. The SMILES string of the molecule is CCNCc1ccc(CSCCN(CC)CC)o1. The first-order chi connectivity index (χ1) is 8.80. The van der Waals surface area contributed by atoms with Crippen molar-refractivity contribution in [2.45, 2.75) is 33.1 Å². The van der Waals surface area contributed by atoms with Crippen LogP contribution in [0.3, 0.4) is 0 Å². The minimum atomic E-state index is 0.834. The third kappa shape index (κ3) is 5.94. The summed E-state index contributed by atoms with van der Waals surface area (Å²) < 4.78 is 5.75. The maximum atomic E-state index is 5.75. The first-order valence-electron chi connectivity index (χ1n) is 6.88. The van der Waals surface area contributed by atoms with Gasteiger partial charge in [-0.15, -0.1) is 0 Å². The number of hydrogen-bond acceptors (Lipinski definition) is 4. The van der Waals surface area contributed by atoms with Crippen molar-refractivity contribution in [2.24, 2.45) is 0 Å². The van der Waals surface area contributed by atoms with Crippen molar-refractivity contribution in [3.63, 3.8) is 0 Å². The predicted molar refractivity (Wildman–Crippen MR) is 80.0 cm³/mol. The summed E-state index contributed by atoms with van der Waals surface area (Å²) in [6.07, 6.45) is 0. The summed E-state index contributed by atoms with van der Waals surface area (Å²) in [5.41, 5.74) is 0. The fourth-order valence-electron chi connectivity index (χ4n) is 1.75. The summed E-state index contributed by atoms with van der Waals surface area (Å²) >= 11 is 1.95. The molecule has 0 spiro atoms. The molecule has 0 aromatic carbocycles. The molecule has 0 aliphatic heterocycles. The highest BCUT2D eigenvalue weighted by Gasteiger charge is 2.03. The highest BCUT2D eigenvalue weighted by atomic mass is 32.2. The van der Waals surface area contributed by atoms with Crippen LogP contribution < -0.4 is 5.32 Å². The van der Waals surface area contributed by atoms with Crippen LogP contribution >= 0.6 is 11.8 Å². The number of rotatable bonds is 10. The van der Waals surface area contributed by atoms with Crippen molar-refractivity contribution in [3.8, 4) is 0 Å². The molecule has 0 saturated heterocycles. The van der Waals surface area contributed by atoms with E-state index in [9.17, 15) is 0 Å². The Morgan fingerprint density at radius 3 is 2.56 bits per heavy atom. The normalized spacial score (nSPS) is 11.3. The van der Waals surface area contributed by atoms with Crippen molar-refractivity contribution >= 4 is 11.8 Å². The maximum absolute atomic E-state index is 5.75. The molecule has 0 fully saturated rings. The van der Waals surface area contributed by atoms with Crippen molar-refractivity contribution in [3.05, 3.63) is 23.7 Å². The van der Waals surface area contributed by atoms with E-state index in [1.54, 1.807) is 0 Å². The molecule has 0 amide bonds. The van der Waals surface area contributed by atoms with Crippen LogP contribution in [0.5, 0.6) is 0 Å². The Kier molecular flexibility index (Phi) is 8.22. The summed E-state index contributed by atoms with van der Waals surface area (Å²) in [5, 5.41) is 3.27. The number of thioether (sulfide) groups is 1. The lowest BCUT2D eigenvalue weighted by atomic mass is 10.4. The van der Waals surface area contributed by atoms with Crippen molar-refractivity contribution in [2.75, 3.05) is 31.9 Å². The standard InChI is InChI=1S/C14H26N2OS/c1-4-15-11-13-7-8-14(17-13)12-18-10-9-16(5-2)6-3/h7-8,15H,4-6,9-12H2,1-3H3. The lowest BCUT2D eigenvalue weighted by Gasteiger charge is -2.16. The molecule has 3 nitrogen and oxygen atoms in total. The number of hydrogen-bond donors (Lipinski definition) is 1. The van der Waals surface area contributed by atoms with Gasteiger partial charge >= 0.3 is 0 Å². The van der Waals surface area contributed by atoms with Crippen molar-refractivity contribution in [1.29, 1.82) is 0 Å². The van der Waals surface area contributed by atoms with Gasteiger partial charge in [-0.05, 0) is 31.8 Å². The van der Waals surface area contributed by atoms with E-state index in [1.807, 2.05) is 11.8 Å². The average molecular weight is 270 g/mol. The van der Waals surface area contributed by atoms with Gasteiger partial charge in [-0.3, -0.25) is 0 Å². The highest BCUT2D eigenvalue weighted by molar-refractivity contribution is 7.98. The van der Waals surface area contributed by atoms with E-state index in [2.05, 4.69) is 43.1 Å². The Labute approximate surface area is 115 Å². The first-order valence-corrected chi connectivity index (χ1v) is 8.04. The fraction of sp³-hybridized carbons (Fsp3) is 0.714. The molecule has 0 unspecified atom stereocenters. The number of nitrogens with zero attached hydrogens (tertiary/aromatic N) is 1. The van der Waals surface area contributed by atoms with Gasteiger partial charge < -0.3 is 14.6 Å². The second-order valence-corrected chi connectivity index (χ2v) is 5.33. The van der Waals surface area contributed by atoms with Crippen LogP contribution in [0.2, 0.25) is 0 Å². The molecule has 0 aliphatic carbocycles. The molecule has 0 radical (unpaired) electrons. The Bertz CT molecular complexity index is 310. The zero-order valence-electron chi connectivity index (χ0n) is 11.9. The van der Waals surface area contributed by atoms with Gasteiger partial charge in [0, 0.05) is 12.3 Å². The molecular formula is C14H26N2OS. The largest absolute Gasteiger partial charge is 0.464 e. The second-order valence-electron chi connectivity index (χ2n) is 4.23. The van der Waals surface area contributed by atoms with E-state index in [1.165, 1.54) is 12.3 Å². The van der Waals surface area contributed by atoms with Gasteiger partial charge in [-0.1, -0.05) is 20.8 Å². The summed E-state index contributed by atoms with van der Waals surface area (Å²) in [6.45, 7) is 11.8. The van der Waals surface area contributed by atoms with E-state index < -0.39 is 0 Å². The summed E-state index contributed by atoms with van der Waals surface area (Å²) in [4.78, 5) is 2.45. The summed E-state index contributed by atoms with van der Waals surface area (Å²) in [5.74, 6) is 4.28. The molecule has 0 aliphatic rings. The van der Waals surface area contributed by atoms with Crippen LogP contribution in [0.15, 0.2) is 16.5 Å². The highest BCUT2D eigenvalue weighted by Crippen LogP contribution is 2.15. The lowest BCUT2D eigenvalue weighted by Crippen LogP contribution is -2.25. The summed E-state index contributed by atoms with van der Waals surface area (Å²) in [7, 11) is 0. The topological polar surface area (TPSA) is 28.4 Å². The smallest absolute Gasteiger partial charge is 0.117 e. The van der Waals surface area contributed by atoms with E-state index in [4.69, 9.17) is 4.42 Å². The molecule has 18 heavy (non-hydrogen) atoms. The van der Waals surface area contributed by atoms with Gasteiger partial charge in [-0.2, -0.15) is 11.8 Å². The zero-order valence-corrected chi connectivity index (χ0v) is 12.7. The molecule has 104 valence electrons. The van der Waals surface area contributed by atoms with Gasteiger partial charge in [0.05, 0.1) is 12.3 Å². The van der Waals surface area contributed by atoms with Crippen molar-refractivity contribution in [1.82, 2.24) is 10.2 Å². The molecule has 1 heterocycles. The molecule has 1 N–H and O–H groups in total. The minimum absolute atomic E-state index is 0.834. The molecular weight excluding hydrogens is 244 g/mol. The molecule has 1 aromatic rings. The molecule has 4 heteroatoms. The molecule has 0 bridgehead atoms. The Morgan fingerprint density at radius 1 is 1.17 bits per heavy atom. The van der Waals surface area contributed by atoms with Crippen molar-refractivity contribution < 1.29 is 4.42 Å². The van der Waals surface area contributed by atoms with Crippen LogP contribution in [0.4, 0.5) is 0 Å². The average Bonchev–Trinajstić information content (AvgIpc) is 2.84. The van der Waals surface area contributed by atoms with E-state index >= 15 is 0 Å². The summed E-state index contributed by atoms with van der Waals surface area (Å²) in [6, 6.07) is 4.17. The minimum Gasteiger partial charge on any atom is -0.464 e. The Hall–Kier alpha value is -0.450. The van der Waals surface area contributed by atoms with Gasteiger partial charge in [0.2, 0.25) is 0 Å². The van der Waals surface area contributed by atoms with Crippen LogP contribution in [-0.2, 0) is 12.3 Å². The van der Waals surface area contributed by atoms with E-state index in [-0.39, 0.29) is 0 Å². The van der Waals surface area contributed by atoms with Crippen LogP contribution in [0, 0.1) is 0 Å². The Morgan fingerprint density at radius 2 is 1.89 bits per heavy atom. The second kappa shape index (κ2) is 9.48. The number of nitrogens with one attached hydrogen (secondary N) is 1. The third-order valence-electron chi connectivity index (χ3n) is 2.96. The third-order valence-corrected chi connectivity index (χ3v) is 3.92. The molecule has 0 atom stereocenters. The van der Waals surface area contributed by atoms with Gasteiger partial charge in [0.15, 0.2) is 0 Å². The zero-order chi connectivity index (χ0) is 13.2. The predicted octanol–water partition coefficient (Wildman–Crippen LogP) is 2.96. The fourth-order valence-corrected chi connectivity index (χ4v) is 2.64. The van der Waals surface area contributed by atoms with Gasteiger partial charge in [0.1, 0.15) is 11.5 Å². The van der Waals surface area contributed by atoms with E-state index in [0.717, 1.165) is 43.5 Å². The van der Waals surface area contributed by atoms with Crippen LogP contribution in [-0.4, -0.2) is 36.8 Å². The first kappa shape index (κ1) is 15.6. The molecule has 1 aromatic heterocycles. The number of furan rings is 1. The van der Waals surface area contributed by atoms with Crippen LogP contribution in [0.1, 0.15) is 32.3 Å².